The normalized spacial score (nSPS) is 11.8. The van der Waals surface area contributed by atoms with E-state index < -0.39 is 0 Å². The third kappa shape index (κ3) is 3.30. The SMILES string of the molecule is N#CCNC(=O)COc1cc2c(cc1CCN)OCO2. The number of rotatable bonds is 6. The minimum Gasteiger partial charge on any atom is -0.483 e. The van der Waals surface area contributed by atoms with E-state index in [0.717, 1.165) is 5.56 Å². The van der Waals surface area contributed by atoms with Crippen LogP contribution in [0.15, 0.2) is 12.1 Å². The van der Waals surface area contributed by atoms with Gasteiger partial charge in [0.15, 0.2) is 18.1 Å². The van der Waals surface area contributed by atoms with Gasteiger partial charge >= 0.3 is 0 Å². The lowest BCUT2D eigenvalue weighted by Crippen LogP contribution is -2.29. The Morgan fingerprint density at radius 3 is 2.90 bits per heavy atom. The van der Waals surface area contributed by atoms with Gasteiger partial charge in [0.1, 0.15) is 12.3 Å². The predicted octanol–water partition coefficient (Wildman–Crippen LogP) is -0.0649. The Kier molecular flexibility index (Phi) is 4.63. The van der Waals surface area contributed by atoms with Gasteiger partial charge in [0.2, 0.25) is 6.79 Å². The molecule has 0 unspecified atom stereocenters. The van der Waals surface area contributed by atoms with E-state index in [4.69, 9.17) is 25.2 Å². The summed E-state index contributed by atoms with van der Waals surface area (Å²) in [7, 11) is 0. The fraction of sp³-hybridized carbons (Fsp3) is 0.385. The van der Waals surface area contributed by atoms with Crippen molar-refractivity contribution in [3.63, 3.8) is 0 Å². The van der Waals surface area contributed by atoms with Gasteiger partial charge in [-0.2, -0.15) is 5.26 Å². The van der Waals surface area contributed by atoms with Crippen LogP contribution in [0.4, 0.5) is 0 Å². The highest BCUT2D eigenvalue weighted by Crippen LogP contribution is 2.38. The largest absolute Gasteiger partial charge is 0.483 e. The van der Waals surface area contributed by atoms with Crippen molar-refractivity contribution in [2.24, 2.45) is 5.73 Å². The molecule has 1 aromatic carbocycles. The van der Waals surface area contributed by atoms with Crippen LogP contribution < -0.4 is 25.3 Å². The monoisotopic (exact) mass is 277 g/mol. The van der Waals surface area contributed by atoms with E-state index >= 15 is 0 Å². The molecule has 0 aliphatic carbocycles. The molecule has 0 aromatic heterocycles. The average molecular weight is 277 g/mol. The second kappa shape index (κ2) is 6.63. The molecule has 0 bridgehead atoms. The molecule has 0 atom stereocenters. The third-order valence-corrected chi connectivity index (χ3v) is 2.69. The van der Waals surface area contributed by atoms with Gasteiger partial charge in [-0.3, -0.25) is 4.79 Å². The quantitative estimate of drug-likeness (QED) is 0.705. The zero-order chi connectivity index (χ0) is 14.4. The lowest BCUT2D eigenvalue weighted by atomic mass is 10.1. The van der Waals surface area contributed by atoms with Crippen LogP contribution >= 0.6 is 0 Å². The molecule has 106 valence electrons. The summed E-state index contributed by atoms with van der Waals surface area (Å²) in [4.78, 5) is 11.4. The highest BCUT2D eigenvalue weighted by atomic mass is 16.7. The van der Waals surface area contributed by atoms with Crippen LogP contribution in [0, 0.1) is 11.3 Å². The van der Waals surface area contributed by atoms with Crippen molar-refractivity contribution in [3.8, 4) is 23.3 Å². The number of carbonyl (C=O) groups is 1. The standard InChI is InChI=1S/C13H15N3O4/c14-2-1-9-5-11-12(20-8-19-11)6-10(9)18-7-13(17)16-4-3-15/h5-6H,1-2,4,7-8,14H2,(H,16,17). The number of carbonyl (C=O) groups excluding carboxylic acids is 1. The summed E-state index contributed by atoms with van der Waals surface area (Å²) in [6.45, 7) is 0.415. The van der Waals surface area contributed by atoms with Crippen molar-refractivity contribution in [2.75, 3.05) is 26.5 Å². The molecule has 0 saturated heterocycles. The molecule has 7 nitrogen and oxygen atoms in total. The minimum atomic E-state index is -0.358. The Labute approximate surface area is 116 Å². The Hall–Kier alpha value is -2.46. The first-order chi connectivity index (χ1) is 9.74. The zero-order valence-corrected chi connectivity index (χ0v) is 10.8. The number of fused-ring (bicyclic) bond motifs is 1. The molecule has 3 N–H and O–H groups in total. The van der Waals surface area contributed by atoms with E-state index in [0.29, 0.717) is 30.2 Å². The van der Waals surface area contributed by atoms with Crippen LogP contribution in [0.25, 0.3) is 0 Å². The molecule has 0 fully saturated rings. The van der Waals surface area contributed by atoms with Crippen molar-refractivity contribution in [1.29, 1.82) is 5.26 Å². The molecule has 1 aliphatic heterocycles. The van der Waals surface area contributed by atoms with Gasteiger partial charge in [0, 0.05) is 6.07 Å². The van der Waals surface area contributed by atoms with Crippen LogP contribution in [0.1, 0.15) is 5.56 Å². The van der Waals surface area contributed by atoms with E-state index in [1.54, 1.807) is 12.1 Å². The lowest BCUT2D eigenvalue weighted by Gasteiger charge is -2.11. The predicted molar refractivity (Wildman–Crippen MR) is 69.4 cm³/mol. The van der Waals surface area contributed by atoms with Crippen molar-refractivity contribution >= 4 is 5.91 Å². The fourth-order valence-corrected chi connectivity index (χ4v) is 1.78. The maximum Gasteiger partial charge on any atom is 0.258 e. The summed E-state index contributed by atoms with van der Waals surface area (Å²) in [5, 5.41) is 10.8. The molecular formula is C13H15N3O4. The molecule has 0 radical (unpaired) electrons. The van der Waals surface area contributed by atoms with Crippen LogP contribution in [-0.2, 0) is 11.2 Å². The van der Waals surface area contributed by atoms with Gasteiger partial charge in [0.05, 0.1) is 6.07 Å². The number of nitrogens with one attached hydrogen (secondary N) is 1. The number of hydrogen-bond donors (Lipinski definition) is 2. The fourth-order valence-electron chi connectivity index (χ4n) is 1.78. The maximum absolute atomic E-state index is 11.4. The Morgan fingerprint density at radius 1 is 1.45 bits per heavy atom. The number of hydrogen-bond acceptors (Lipinski definition) is 6. The molecule has 2 rings (SSSR count). The van der Waals surface area contributed by atoms with Gasteiger partial charge in [-0.15, -0.1) is 0 Å². The molecule has 1 heterocycles. The lowest BCUT2D eigenvalue weighted by molar-refractivity contribution is -0.122. The summed E-state index contributed by atoms with van der Waals surface area (Å²) in [6, 6.07) is 5.31. The zero-order valence-electron chi connectivity index (χ0n) is 10.8. The summed E-state index contributed by atoms with van der Waals surface area (Å²) in [6.07, 6.45) is 0.603. The van der Waals surface area contributed by atoms with Crippen molar-refractivity contribution in [2.45, 2.75) is 6.42 Å². The number of nitriles is 1. The summed E-state index contributed by atoms with van der Waals surface area (Å²) in [5.74, 6) is 1.41. The van der Waals surface area contributed by atoms with E-state index in [-0.39, 0.29) is 25.9 Å². The molecule has 0 spiro atoms. The smallest absolute Gasteiger partial charge is 0.258 e. The number of nitrogens with two attached hydrogens (primary N) is 1. The first-order valence-corrected chi connectivity index (χ1v) is 6.13. The summed E-state index contributed by atoms with van der Waals surface area (Å²) in [5.41, 5.74) is 6.41. The second-order valence-corrected chi connectivity index (χ2v) is 4.08. The Morgan fingerprint density at radius 2 is 2.20 bits per heavy atom. The first kappa shape index (κ1) is 14.0. The van der Waals surface area contributed by atoms with Gasteiger partial charge in [-0.1, -0.05) is 0 Å². The van der Waals surface area contributed by atoms with E-state index in [9.17, 15) is 4.79 Å². The van der Waals surface area contributed by atoms with Crippen LogP contribution in [0.3, 0.4) is 0 Å². The van der Waals surface area contributed by atoms with Gasteiger partial charge in [0.25, 0.3) is 5.91 Å². The molecule has 0 saturated carbocycles. The molecule has 20 heavy (non-hydrogen) atoms. The van der Waals surface area contributed by atoms with Crippen LogP contribution in [0.5, 0.6) is 17.2 Å². The van der Waals surface area contributed by atoms with E-state index in [1.807, 2.05) is 6.07 Å². The van der Waals surface area contributed by atoms with E-state index in [2.05, 4.69) is 5.32 Å². The van der Waals surface area contributed by atoms with Crippen molar-refractivity contribution in [3.05, 3.63) is 17.7 Å². The second-order valence-electron chi connectivity index (χ2n) is 4.08. The number of nitrogens with zero attached hydrogens (tertiary/aromatic N) is 1. The number of amides is 1. The van der Waals surface area contributed by atoms with Crippen molar-refractivity contribution in [1.82, 2.24) is 5.32 Å². The highest BCUT2D eigenvalue weighted by Gasteiger charge is 2.18. The van der Waals surface area contributed by atoms with Gasteiger partial charge < -0.3 is 25.3 Å². The Balaban J connectivity index is 2.06. The molecule has 1 aromatic rings. The van der Waals surface area contributed by atoms with E-state index in [1.165, 1.54) is 0 Å². The summed E-state index contributed by atoms with van der Waals surface area (Å²) < 4.78 is 16.0. The first-order valence-electron chi connectivity index (χ1n) is 6.13. The topological polar surface area (TPSA) is 107 Å². The summed E-state index contributed by atoms with van der Waals surface area (Å²) >= 11 is 0. The molecule has 1 aliphatic rings. The van der Waals surface area contributed by atoms with Gasteiger partial charge in [-0.05, 0) is 24.6 Å². The molecular weight excluding hydrogens is 262 g/mol. The number of benzene rings is 1. The van der Waals surface area contributed by atoms with Crippen molar-refractivity contribution < 1.29 is 19.0 Å². The average Bonchev–Trinajstić information content (AvgIpc) is 2.90. The number of ether oxygens (including phenoxy) is 3. The third-order valence-electron chi connectivity index (χ3n) is 2.69. The Bertz CT molecular complexity index is 539. The molecule has 7 heteroatoms. The van der Waals surface area contributed by atoms with Gasteiger partial charge in [-0.25, -0.2) is 0 Å². The highest BCUT2D eigenvalue weighted by molar-refractivity contribution is 5.77. The minimum absolute atomic E-state index is 0.0427. The van der Waals surface area contributed by atoms with Crippen LogP contribution in [0.2, 0.25) is 0 Å². The maximum atomic E-state index is 11.4. The van der Waals surface area contributed by atoms with Crippen LogP contribution in [-0.4, -0.2) is 32.4 Å². The molecule has 1 amide bonds.